The minimum Gasteiger partial charge on any atom is -0.375 e. The Morgan fingerprint density at radius 2 is 1.57 bits per heavy atom. The molecule has 3 aromatic rings. The normalized spacial score (nSPS) is 18.2. The number of nitrogens with zero attached hydrogens (tertiary/aromatic N) is 1. The fourth-order valence-corrected chi connectivity index (χ4v) is 3.59. The monoisotopic (exact) mass is 375 g/mol. The first-order valence-electron chi connectivity index (χ1n) is 8.96. The Morgan fingerprint density at radius 1 is 0.929 bits per heavy atom. The number of aliphatic hydroxyl groups is 1. The molecular weight excluding hydrogens is 357 g/mol. The molecule has 0 bridgehead atoms. The highest BCUT2D eigenvalue weighted by Gasteiger charge is 2.50. The number of fused-ring (bicyclic) bond motifs is 1. The number of halogens is 1. The Labute approximate surface area is 161 Å². The van der Waals surface area contributed by atoms with Crippen LogP contribution >= 0.6 is 0 Å². The topological polar surface area (TPSA) is 57.6 Å². The number of Topliss-reactive ketones (excluding diaryl/α,β-unsaturated/α-hetero) is 1. The predicted octanol–water partition coefficient (Wildman–Crippen LogP) is 3.83. The van der Waals surface area contributed by atoms with Crippen molar-refractivity contribution in [2.75, 3.05) is 4.90 Å². The molecule has 28 heavy (non-hydrogen) atoms. The predicted molar refractivity (Wildman–Crippen MR) is 103 cm³/mol. The van der Waals surface area contributed by atoms with Crippen LogP contribution in [0.5, 0.6) is 0 Å². The Balaban J connectivity index is 1.70. The molecule has 0 fully saturated rings. The molecule has 0 aliphatic carbocycles. The molecule has 1 aliphatic rings. The summed E-state index contributed by atoms with van der Waals surface area (Å²) in [6.07, 6.45) is -0.374. The van der Waals surface area contributed by atoms with Gasteiger partial charge in [-0.1, -0.05) is 66.7 Å². The molecule has 3 aromatic carbocycles. The SMILES string of the molecule is O=C(C[C@]1(O)C(=O)N(Cc2ccccc2F)c2ccccc21)c1ccccc1. The first-order chi connectivity index (χ1) is 13.5. The summed E-state index contributed by atoms with van der Waals surface area (Å²) >= 11 is 0. The smallest absolute Gasteiger partial charge is 0.264 e. The van der Waals surface area contributed by atoms with E-state index in [1.165, 1.54) is 11.0 Å². The number of hydrogen-bond acceptors (Lipinski definition) is 3. The molecule has 0 saturated carbocycles. The van der Waals surface area contributed by atoms with Gasteiger partial charge >= 0.3 is 0 Å². The maximum absolute atomic E-state index is 14.1. The average molecular weight is 375 g/mol. The molecule has 1 amide bonds. The third-order valence-corrected chi connectivity index (χ3v) is 5.04. The van der Waals surface area contributed by atoms with Crippen molar-refractivity contribution in [3.8, 4) is 0 Å². The number of carbonyl (C=O) groups is 2. The Kier molecular flexibility index (Phi) is 4.53. The van der Waals surface area contributed by atoms with Gasteiger partial charge < -0.3 is 10.0 Å². The second-order valence-electron chi connectivity index (χ2n) is 6.83. The van der Waals surface area contributed by atoms with Gasteiger partial charge in [-0.05, 0) is 12.1 Å². The summed E-state index contributed by atoms with van der Waals surface area (Å²) in [7, 11) is 0. The molecule has 4 nitrogen and oxygen atoms in total. The Hall–Kier alpha value is -3.31. The van der Waals surface area contributed by atoms with Gasteiger partial charge in [-0.15, -0.1) is 0 Å². The number of para-hydroxylation sites is 1. The van der Waals surface area contributed by atoms with E-state index in [1.54, 1.807) is 72.8 Å². The fourth-order valence-electron chi connectivity index (χ4n) is 3.59. The summed E-state index contributed by atoms with van der Waals surface area (Å²) < 4.78 is 14.1. The van der Waals surface area contributed by atoms with E-state index in [0.717, 1.165) is 0 Å². The quantitative estimate of drug-likeness (QED) is 0.690. The van der Waals surface area contributed by atoms with E-state index in [-0.39, 0.29) is 18.7 Å². The lowest BCUT2D eigenvalue weighted by Crippen LogP contribution is -2.41. The van der Waals surface area contributed by atoms with E-state index in [9.17, 15) is 19.1 Å². The molecule has 0 spiro atoms. The maximum atomic E-state index is 14.1. The van der Waals surface area contributed by atoms with Crippen LogP contribution in [0.15, 0.2) is 78.9 Å². The van der Waals surface area contributed by atoms with Gasteiger partial charge in [0.25, 0.3) is 5.91 Å². The summed E-state index contributed by atoms with van der Waals surface area (Å²) in [5, 5.41) is 11.3. The molecule has 0 radical (unpaired) electrons. The molecule has 1 atom stereocenters. The lowest BCUT2D eigenvalue weighted by molar-refractivity contribution is -0.136. The number of ketones is 1. The lowest BCUT2D eigenvalue weighted by atomic mass is 9.88. The number of rotatable bonds is 5. The van der Waals surface area contributed by atoms with Gasteiger partial charge in [-0.3, -0.25) is 9.59 Å². The molecule has 1 heterocycles. The van der Waals surface area contributed by atoms with Crippen LogP contribution in [-0.4, -0.2) is 16.8 Å². The van der Waals surface area contributed by atoms with Crippen molar-refractivity contribution in [3.05, 3.63) is 101 Å². The van der Waals surface area contributed by atoms with E-state index in [1.807, 2.05) is 0 Å². The fraction of sp³-hybridized carbons (Fsp3) is 0.130. The number of amides is 1. The van der Waals surface area contributed by atoms with Gasteiger partial charge in [-0.2, -0.15) is 0 Å². The zero-order valence-electron chi connectivity index (χ0n) is 15.0. The van der Waals surface area contributed by atoms with E-state index >= 15 is 0 Å². The van der Waals surface area contributed by atoms with E-state index in [0.29, 0.717) is 22.4 Å². The van der Waals surface area contributed by atoms with E-state index in [2.05, 4.69) is 0 Å². The first-order valence-corrected chi connectivity index (χ1v) is 8.96. The van der Waals surface area contributed by atoms with Crippen molar-refractivity contribution in [2.24, 2.45) is 0 Å². The van der Waals surface area contributed by atoms with Gasteiger partial charge in [0.2, 0.25) is 0 Å². The molecular formula is C23H18FNO3. The van der Waals surface area contributed by atoms with Crippen molar-refractivity contribution in [2.45, 2.75) is 18.6 Å². The summed E-state index contributed by atoms with van der Waals surface area (Å²) in [5.74, 6) is -1.39. The van der Waals surface area contributed by atoms with Crippen LogP contribution in [0.4, 0.5) is 10.1 Å². The average Bonchev–Trinajstić information content (AvgIpc) is 2.92. The standard InChI is InChI=1S/C23H18FNO3/c24-19-12-6-4-10-17(19)15-25-20-13-7-5-11-18(20)23(28,22(25)27)14-21(26)16-8-2-1-3-9-16/h1-13,28H,14-15H2/t23-/m1/s1. The Morgan fingerprint density at radius 3 is 2.32 bits per heavy atom. The highest BCUT2D eigenvalue weighted by atomic mass is 19.1. The van der Waals surface area contributed by atoms with Gasteiger partial charge in [0.05, 0.1) is 18.7 Å². The minimum atomic E-state index is -1.98. The van der Waals surface area contributed by atoms with Crippen LogP contribution < -0.4 is 4.90 Å². The van der Waals surface area contributed by atoms with Crippen LogP contribution in [0, 0.1) is 5.82 Å². The number of hydrogen-bond donors (Lipinski definition) is 1. The van der Waals surface area contributed by atoms with Gasteiger partial charge in [-0.25, -0.2) is 4.39 Å². The van der Waals surface area contributed by atoms with Crippen molar-refractivity contribution < 1.29 is 19.1 Å². The molecule has 1 aliphatic heterocycles. The van der Waals surface area contributed by atoms with E-state index < -0.39 is 17.3 Å². The summed E-state index contributed by atoms with van der Waals surface area (Å²) in [4.78, 5) is 27.2. The number of carbonyl (C=O) groups excluding carboxylic acids is 2. The molecule has 0 unspecified atom stereocenters. The van der Waals surface area contributed by atoms with Crippen molar-refractivity contribution in [3.63, 3.8) is 0 Å². The summed E-state index contributed by atoms with van der Waals surface area (Å²) in [6, 6.07) is 21.5. The third kappa shape index (κ3) is 3.00. The lowest BCUT2D eigenvalue weighted by Gasteiger charge is -2.23. The summed E-state index contributed by atoms with van der Waals surface area (Å²) in [5.41, 5.74) is -0.368. The maximum Gasteiger partial charge on any atom is 0.264 e. The zero-order valence-corrected chi connectivity index (χ0v) is 15.0. The van der Waals surface area contributed by atoms with Crippen LogP contribution in [-0.2, 0) is 16.9 Å². The van der Waals surface area contributed by atoms with Crippen LogP contribution in [0.3, 0.4) is 0 Å². The summed E-state index contributed by atoms with van der Waals surface area (Å²) in [6.45, 7) is -0.0235. The second-order valence-corrected chi connectivity index (χ2v) is 6.83. The molecule has 140 valence electrons. The highest BCUT2D eigenvalue weighted by molar-refractivity contribution is 6.10. The van der Waals surface area contributed by atoms with Crippen LogP contribution in [0.2, 0.25) is 0 Å². The van der Waals surface area contributed by atoms with Crippen molar-refractivity contribution >= 4 is 17.4 Å². The number of benzene rings is 3. The molecule has 0 saturated heterocycles. The first kappa shape index (κ1) is 18.1. The zero-order chi connectivity index (χ0) is 19.7. The highest BCUT2D eigenvalue weighted by Crippen LogP contribution is 2.43. The van der Waals surface area contributed by atoms with E-state index in [4.69, 9.17) is 0 Å². The Bertz CT molecular complexity index is 1050. The van der Waals surface area contributed by atoms with Gasteiger partial charge in [0.1, 0.15) is 5.82 Å². The molecule has 4 rings (SSSR count). The molecule has 1 N–H and O–H groups in total. The minimum absolute atomic E-state index is 0.0235. The van der Waals surface area contributed by atoms with Crippen LogP contribution in [0.25, 0.3) is 0 Å². The van der Waals surface area contributed by atoms with Crippen molar-refractivity contribution in [1.82, 2.24) is 0 Å². The van der Waals surface area contributed by atoms with Crippen LogP contribution in [0.1, 0.15) is 27.9 Å². The van der Waals surface area contributed by atoms with Gasteiger partial charge in [0.15, 0.2) is 11.4 Å². The molecule has 0 aromatic heterocycles. The van der Waals surface area contributed by atoms with Crippen molar-refractivity contribution in [1.29, 1.82) is 0 Å². The van der Waals surface area contributed by atoms with Gasteiger partial charge in [0, 0.05) is 16.7 Å². The molecule has 5 heteroatoms. The number of anilines is 1. The second kappa shape index (κ2) is 7.02. The largest absolute Gasteiger partial charge is 0.375 e. The third-order valence-electron chi connectivity index (χ3n) is 5.04.